The summed E-state index contributed by atoms with van der Waals surface area (Å²) in [6.07, 6.45) is 1.09. The van der Waals surface area contributed by atoms with Crippen molar-refractivity contribution in [3.63, 3.8) is 0 Å². The Morgan fingerprint density at radius 1 is 1.05 bits per heavy atom. The zero-order chi connectivity index (χ0) is 15.0. The van der Waals surface area contributed by atoms with Gasteiger partial charge in [-0.2, -0.15) is 0 Å². The number of aromatic nitrogens is 1. The Morgan fingerprint density at radius 3 is 2.57 bits per heavy atom. The van der Waals surface area contributed by atoms with Gasteiger partial charge in [0.1, 0.15) is 6.10 Å². The predicted molar refractivity (Wildman–Crippen MR) is 89.4 cm³/mol. The number of nitrogens with zero attached hydrogens (tertiary/aromatic N) is 1. The average Bonchev–Trinajstić information content (AvgIpc) is 2.47. The Kier molecular flexibility index (Phi) is 3.79. The van der Waals surface area contributed by atoms with Crippen LogP contribution in [0.15, 0.2) is 53.1 Å². The van der Waals surface area contributed by atoms with Crippen LogP contribution in [0, 0.1) is 13.8 Å². The first-order valence-corrected chi connectivity index (χ1v) is 7.65. The number of aliphatic hydroxyl groups excluding tert-OH is 1. The lowest BCUT2D eigenvalue weighted by molar-refractivity contribution is 0.221. The molecule has 0 saturated carbocycles. The first-order chi connectivity index (χ1) is 10.1. The number of halogens is 1. The molecule has 0 saturated heterocycles. The van der Waals surface area contributed by atoms with Crippen molar-refractivity contribution < 1.29 is 5.11 Å². The lowest BCUT2D eigenvalue weighted by Gasteiger charge is -2.17. The smallest absolute Gasteiger partial charge is 0.106 e. The highest BCUT2D eigenvalue weighted by molar-refractivity contribution is 9.10. The van der Waals surface area contributed by atoms with Crippen molar-refractivity contribution in [3.05, 3.63) is 75.4 Å². The van der Waals surface area contributed by atoms with Crippen LogP contribution in [0.3, 0.4) is 0 Å². The number of hydrogen-bond donors (Lipinski definition) is 1. The first-order valence-electron chi connectivity index (χ1n) is 6.86. The monoisotopic (exact) mass is 341 g/mol. The molecule has 3 aromatic rings. The molecule has 21 heavy (non-hydrogen) atoms. The van der Waals surface area contributed by atoms with E-state index in [1.54, 1.807) is 6.20 Å². The van der Waals surface area contributed by atoms with E-state index in [2.05, 4.69) is 33.9 Å². The minimum Gasteiger partial charge on any atom is -0.384 e. The van der Waals surface area contributed by atoms with Crippen molar-refractivity contribution in [2.45, 2.75) is 20.0 Å². The van der Waals surface area contributed by atoms with Gasteiger partial charge in [0.2, 0.25) is 0 Å². The van der Waals surface area contributed by atoms with E-state index >= 15 is 0 Å². The van der Waals surface area contributed by atoms with Gasteiger partial charge in [0.05, 0.1) is 5.52 Å². The average molecular weight is 342 g/mol. The van der Waals surface area contributed by atoms with Crippen LogP contribution in [0.1, 0.15) is 28.4 Å². The van der Waals surface area contributed by atoms with Crippen LogP contribution in [0.2, 0.25) is 0 Å². The van der Waals surface area contributed by atoms with E-state index in [-0.39, 0.29) is 0 Å². The molecule has 0 bridgehead atoms. The van der Waals surface area contributed by atoms with Gasteiger partial charge in [0, 0.05) is 21.6 Å². The molecule has 1 atom stereocenters. The van der Waals surface area contributed by atoms with Gasteiger partial charge in [-0.1, -0.05) is 51.8 Å². The Bertz CT molecular complexity index is 813. The van der Waals surface area contributed by atoms with E-state index in [1.165, 1.54) is 5.56 Å². The van der Waals surface area contributed by atoms with Crippen molar-refractivity contribution in [1.82, 2.24) is 4.98 Å². The molecule has 3 heteroatoms. The standard InChI is InChI=1S/C18H16BrNO/c1-11-5-6-13(12(2)10-11)18(21)15-7-8-16(19)14-4-3-9-20-17(14)15/h3-10,18,21H,1-2H3. The Morgan fingerprint density at radius 2 is 1.81 bits per heavy atom. The fourth-order valence-electron chi connectivity index (χ4n) is 2.68. The number of hydrogen-bond acceptors (Lipinski definition) is 2. The second-order valence-electron chi connectivity index (χ2n) is 5.30. The van der Waals surface area contributed by atoms with E-state index < -0.39 is 6.10 Å². The molecule has 2 aromatic carbocycles. The van der Waals surface area contributed by atoms with Crippen LogP contribution >= 0.6 is 15.9 Å². The maximum Gasteiger partial charge on any atom is 0.106 e. The van der Waals surface area contributed by atoms with Crippen LogP contribution < -0.4 is 0 Å². The molecule has 1 heterocycles. The van der Waals surface area contributed by atoms with Crippen LogP contribution in [0.4, 0.5) is 0 Å². The highest BCUT2D eigenvalue weighted by Gasteiger charge is 2.17. The van der Waals surface area contributed by atoms with E-state index in [0.29, 0.717) is 0 Å². The third-order valence-corrected chi connectivity index (χ3v) is 4.45. The van der Waals surface area contributed by atoms with Gasteiger partial charge in [-0.05, 0) is 37.1 Å². The van der Waals surface area contributed by atoms with Gasteiger partial charge >= 0.3 is 0 Å². The van der Waals surface area contributed by atoms with Gasteiger partial charge in [-0.25, -0.2) is 0 Å². The fraction of sp³-hybridized carbons (Fsp3) is 0.167. The van der Waals surface area contributed by atoms with E-state index in [9.17, 15) is 5.11 Å². The third-order valence-electron chi connectivity index (χ3n) is 3.76. The summed E-state index contributed by atoms with van der Waals surface area (Å²) in [6, 6.07) is 13.9. The second-order valence-corrected chi connectivity index (χ2v) is 6.15. The summed E-state index contributed by atoms with van der Waals surface area (Å²) < 4.78 is 0.988. The quantitative estimate of drug-likeness (QED) is 0.733. The summed E-state index contributed by atoms with van der Waals surface area (Å²) >= 11 is 3.54. The SMILES string of the molecule is Cc1ccc(C(O)c2ccc(Br)c3cccnc23)c(C)c1. The zero-order valence-corrected chi connectivity index (χ0v) is 13.6. The van der Waals surface area contributed by atoms with Gasteiger partial charge in [0.15, 0.2) is 0 Å². The van der Waals surface area contributed by atoms with Crippen molar-refractivity contribution >= 4 is 26.8 Å². The lowest BCUT2D eigenvalue weighted by Crippen LogP contribution is -2.04. The van der Waals surface area contributed by atoms with Gasteiger partial charge in [-0.15, -0.1) is 0 Å². The summed E-state index contributed by atoms with van der Waals surface area (Å²) in [4.78, 5) is 4.45. The summed E-state index contributed by atoms with van der Waals surface area (Å²) in [7, 11) is 0. The fourth-order valence-corrected chi connectivity index (χ4v) is 3.13. The van der Waals surface area contributed by atoms with E-state index in [1.807, 2.05) is 43.3 Å². The van der Waals surface area contributed by atoms with Crippen LogP contribution in [-0.4, -0.2) is 10.1 Å². The molecule has 0 aliphatic carbocycles. The lowest BCUT2D eigenvalue weighted by atomic mass is 9.94. The molecule has 0 aliphatic rings. The molecular formula is C18H16BrNO. The highest BCUT2D eigenvalue weighted by Crippen LogP contribution is 2.32. The van der Waals surface area contributed by atoms with Crippen molar-refractivity contribution in [2.75, 3.05) is 0 Å². The summed E-state index contributed by atoms with van der Waals surface area (Å²) in [5, 5.41) is 11.8. The molecule has 0 amide bonds. The van der Waals surface area contributed by atoms with Crippen LogP contribution in [0.5, 0.6) is 0 Å². The first kappa shape index (κ1) is 14.2. The van der Waals surface area contributed by atoms with Gasteiger partial charge < -0.3 is 5.11 Å². The zero-order valence-electron chi connectivity index (χ0n) is 12.0. The molecule has 1 unspecified atom stereocenters. The predicted octanol–water partition coefficient (Wildman–Crippen LogP) is 4.70. The normalized spacial score (nSPS) is 12.6. The van der Waals surface area contributed by atoms with E-state index in [4.69, 9.17) is 0 Å². The number of aryl methyl sites for hydroxylation is 2. The molecule has 106 valence electrons. The molecule has 2 nitrogen and oxygen atoms in total. The summed E-state index contributed by atoms with van der Waals surface area (Å²) in [5.74, 6) is 0. The number of pyridine rings is 1. The highest BCUT2D eigenvalue weighted by atomic mass is 79.9. The number of benzene rings is 2. The van der Waals surface area contributed by atoms with Gasteiger partial charge in [-0.3, -0.25) is 4.98 Å². The van der Waals surface area contributed by atoms with Crippen molar-refractivity contribution in [3.8, 4) is 0 Å². The molecule has 3 rings (SSSR count). The Balaban J connectivity index is 2.18. The third kappa shape index (κ3) is 2.59. The number of rotatable bonds is 2. The van der Waals surface area contributed by atoms with E-state index in [0.717, 1.165) is 32.1 Å². The molecule has 0 fully saturated rings. The molecule has 1 N–H and O–H groups in total. The molecule has 0 radical (unpaired) electrons. The molecule has 1 aromatic heterocycles. The maximum atomic E-state index is 10.8. The maximum absolute atomic E-state index is 10.8. The largest absolute Gasteiger partial charge is 0.384 e. The van der Waals surface area contributed by atoms with Crippen molar-refractivity contribution in [1.29, 1.82) is 0 Å². The van der Waals surface area contributed by atoms with Crippen molar-refractivity contribution in [2.24, 2.45) is 0 Å². The molecule has 0 aliphatic heterocycles. The topological polar surface area (TPSA) is 33.1 Å². The van der Waals surface area contributed by atoms with Crippen LogP contribution in [-0.2, 0) is 0 Å². The number of fused-ring (bicyclic) bond motifs is 1. The van der Waals surface area contributed by atoms with Gasteiger partial charge in [0.25, 0.3) is 0 Å². The second kappa shape index (κ2) is 5.58. The molecular weight excluding hydrogens is 326 g/mol. The molecule has 0 spiro atoms. The Labute approximate surface area is 132 Å². The minimum atomic E-state index is -0.670. The number of aliphatic hydroxyl groups is 1. The van der Waals surface area contributed by atoms with Crippen LogP contribution in [0.25, 0.3) is 10.9 Å². The Hall–Kier alpha value is -1.71. The summed E-state index contributed by atoms with van der Waals surface area (Å²) in [6.45, 7) is 4.08. The minimum absolute atomic E-state index is 0.670. The summed E-state index contributed by atoms with van der Waals surface area (Å²) in [5.41, 5.74) is 4.88.